The standard InChI is InChI=1S/C19H25N2OP/c1-12-8-16-9-15(17(10-20)11-23-3)6-7-18(16)21(13(2)22)19(12)14-4-5-14/h6-7,9-12,14,19-20,23H,4-5,8H2,1-3H3/b17-11+,20-10?/t12?,19-/m1/s1. The van der Waals surface area contributed by atoms with Gasteiger partial charge in [0.2, 0.25) is 5.91 Å². The first kappa shape index (κ1) is 16.4. The lowest BCUT2D eigenvalue weighted by Crippen LogP contribution is -2.48. The third-order valence-corrected chi connectivity index (χ3v) is 5.59. The van der Waals surface area contributed by atoms with Crippen molar-refractivity contribution in [2.45, 2.75) is 39.2 Å². The van der Waals surface area contributed by atoms with Crippen molar-refractivity contribution < 1.29 is 4.79 Å². The van der Waals surface area contributed by atoms with Crippen molar-refractivity contribution >= 4 is 32.0 Å². The fourth-order valence-corrected chi connectivity index (χ4v) is 4.46. The molecule has 4 heteroatoms. The van der Waals surface area contributed by atoms with Crippen LogP contribution in [0.15, 0.2) is 24.0 Å². The molecule has 3 nitrogen and oxygen atoms in total. The van der Waals surface area contributed by atoms with E-state index in [2.05, 4.69) is 37.6 Å². The zero-order valence-electron chi connectivity index (χ0n) is 14.1. The second-order valence-corrected chi connectivity index (χ2v) is 7.64. The Labute approximate surface area is 140 Å². The lowest BCUT2D eigenvalue weighted by Gasteiger charge is -2.41. The number of anilines is 1. The molecule has 1 aliphatic heterocycles. The van der Waals surface area contributed by atoms with Crippen LogP contribution in [0.5, 0.6) is 0 Å². The molecule has 1 aromatic carbocycles. The van der Waals surface area contributed by atoms with Crippen LogP contribution in [0.4, 0.5) is 5.69 Å². The number of hydrogen-bond donors (Lipinski definition) is 1. The highest BCUT2D eigenvalue weighted by atomic mass is 31.1. The van der Waals surface area contributed by atoms with E-state index in [1.54, 1.807) is 6.92 Å². The Bertz CT molecular complexity index is 663. The smallest absolute Gasteiger partial charge is 0.224 e. The van der Waals surface area contributed by atoms with Gasteiger partial charge in [-0.25, -0.2) is 0 Å². The van der Waals surface area contributed by atoms with E-state index >= 15 is 0 Å². The summed E-state index contributed by atoms with van der Waals surface area (Å²) >= 11 is 0. The molecule has 0 saturated heterocycles. The van der Waals surface area contributed by atoms with Crippen LogP contribution in [0.2, 0.25) is 0 Å². The first-order valence-electron chi connectivity index (χ1n) is 8.37. The molecule has 3 atom stereocenters. The van der Waals surface area contributed by atoms with Crippen LogP contribution < -0.4 is 4.90 Å². The van der Waals surface area contributed by atoms with Crippen molar-refractivity contribution in [1.29, 1.82) is 5.41 Å². The van der Waals surface area contributed by atoms with Crippen LogP contribution in [0, 0.1) is 17.2 Å². The topological polar surface area (TPSA) is 44.2 Å². The van der Waals surface area contributed by atoms with Crippen molar-refractivity contribution in [3.63, 3.8) is 0 Å². The van der Waals surface area contributed by atoms with Gasteiger partial charge in [0.1, 0.15) is 0 Å². The Balaban J connectivity index is 2.03. The van der Waals surface area contributed by atoms with Crippen molar-refractivity contribution in [2.24, 2.45) is 11.8 Å². The Kier molecular flexibility index (Phi) is 4.68. The highest BCUT2D eigenvalue weighted by Crippen LogP contribution is 2.45. The number of allylic oxidation sites excluding steroid dienone is 1. The zero-order chi connectivity index (χ0) is 16.6. The molecule has 1 aliphatic carbocycles. The summed E-state index contributed by atoms with van der Waals surface area (Å²) in [4.78, 5) is 14.3. The van der Waals surface area contributed by atoms with Gasteiger partial charge in [0.05, 0.1) is 0 Å². The molecule has 2 aliphatic rings. The number of rotatable bonds is 4. The maximum absolute atomic E-state index is 12.3. The van der Waals surface area contributed by atoms with Gasteiger partial charge in [0, 0.05) is 24.9 Å². The fourth-order valence-electron chi connectivity index (χ4n) is 3.90. The van der Waals surface area contributed by atoms with E-state index in [4.69, 9.17) is 5.41 Å². The summed E-state index contributed by atoms with van der Waals surface area (Å²) in [5.74, 6) is 3.44. The molecule has 0 radical (unpaired) electrons. The van der Waals surface area contributed by atoms with Gasteiger partial charge in [-0.05, 0) is 66.6 Å². The van der Waals surface area contributed by atoms with Gasteiger partial charge in [0.25, 0.3) is 0 Å². The molecule has 0 spiro atoms. The summed E-state index contributed by atoms with van der Waals surface area (Å²) < 4.78 is 0. The molecule has 23 heavy (non-hydrogen) atoms. The number of carbonyl (C=O) groups is 1. The minimum Gasteiger partial charge on any atom is -0.309 e. The average molecular weight is 328 g/mol. The van der Waals surface area contributed by atoms with Gasteiger partial charge < -0.3 is 10.3 Å². The maximum atomic E-state index is 12.3. The Morgan fingerprint density at radius 1 is 1.39 bits per heavy atom. The molecule has 1 fully saturated rings. The second kappa shape index (κ2) is 6.57. The monoisotopic (exact) mass is 328 g/mol. The van der Waals surface area contributed by atoms with E-state index in [9.17, 15) is 4.79 Å². The van der Waals surface area contributed by atoms with Crippen molar-refractivity contribution in [3.05, 3.63) is 35.1 Å². The molecule has 1 aromatic rings. The van der Waals surface area contributed by atoms with Gasteiger partial charge in [-0.1, -0.05) is 18.8 Å². The Hall–Kier alpha value is -1.47. The minimum absolute atomic E-state index is 0.153. The van der Waals surface area contributed by atoms with Crippen LogP contribution in [-0.2, 0) is 11.2 Å². The Morgan fingerprint density at radius 3 is 2.70 bits per heavy atom. The molecular formula is C19H25N2OP. The van der Waals surface area contributed by atoms with E-state index in [1.807, 2.05) is 4.90 Å². The van der Waals surface area contributed by atoms with Crippen LogP contribution in [0.25, 0.3) is 5.57 Å². The summed E-state index contributed by atoms with van der Waals surface area (Å²) in [6.45, 7) is 6.07. The van der Waals surface area contributed by atoms with Gasteiger partial charge in [-0.2, -0.15) is 0 Å². The van der Waals surface area contributed by atoms with Crippen molar-refractivity contribution in [3.8, 4) is 0 Å². The molecule has 1 amide bonds. The van der Waals surface area contributed by atoms with Gasteiger partial charge in [0.15, 0.2) is 0 Å². The first-order valence-corrected chi connectivity index (χ1v) is 9.95. The number of nitrogens with zero attached hydrogens (tertiary/aromatic N) is 1. The molecule has 2 unspecified atom stereocenters. The third-order valence-electron chi connectivity index (χ3n) is 4.99. The lowest BCUT2D eigenvalue weighted by molar-refractivity contribution is -0.117. The van der Waals surface area contributed by atoms with E-state index in [1.165, 1.54) is 24.6 Å². The van der Waals surface area contributed by atoms with E-state index < -0.39 is 0 Å². The lowest BCUT2D eigenvalue weighted by atomic mass is 9.83. The van der Waals surface area contributed by atoms with Crippen LogP contribution in [0.1, 0.15) is 37.8 Å². The van der Waals surface area contributed by atoms with Gasteiger partial charge >= 0.3 is 0 Å². The summed E-state index contributed by atoms with van der Waals surface area (Å²) in [6, 6.07) is 6.69. The molecule has 1 saturated carbocycles. The fraction of sp³-hybridized carbons (Fsp3) is 0.474. The van der Waals surface area contributed by atoms with E-state index in [0.717, 1.165) is 23.2 Å². The highest BCUT2D eigenvalue weighted by molar-refractivity contribution is 7.41. The van der Waals surface area contributed by atoms with Gasteiger partial charge in [-0.3, -0.25) is 4.79 Å². The van der Waals surface area contributed by atoms with Crippen LogP contribution in [-0.4, -0.2) is 24.8 Å². The molecule has 0 bridgehead atoms. The highest BCUT2D eigenvalue weighted by Gasteiger charge is 2.43. The SMILES string of the molecule is CP/C=C(\C=N)c1ccc2c(c1)CC(C)[C@H](C1CC1)N2C(C)=O. The van der Waals surface area contributed by atoms with Crippen LogP contribution >= 0.6 is 8.58 Å². The normalized spacial score (nSPS) is 24.8. The molecule has 3 rings (SSSR count). The third kappa shape index (κ3) is 3.12. The number of nitrogens with one attached hydrogen (secondary N) is 1. The van der Waals surface area contributed by atoms with E-state index in [0.29, 0.717) is 26.5 Å². The maximum Gasteiger partial charge on any atom is 0.224 e. The predicted octanol–water partition coefficient (Wildman–Crippen LogP) is 4.31. The zero-order valence-corrected chi connectivity index (χ0v) is 15.1. The number of benzene rings is 1. The van der Waals surface area contributed by atoms with Crippen LogP contribution in [0.3, 0.4) is 0 Å². The summed E-state index contributed by atoms with van der Waals surface area (Å²) in [5.41, 5.74) is 4.39. The average Bonchev–Trinajstić information content (AvgIpc) is 3.35. The van der Waals surface area contributed by atoms with Crippen molar-refractivity contribution in [2.75, 3.05) is 11.6 Å². The van der Waals surface area contributed by atoms with E-state index in [-0.39, 0.29) is 5.91 Å². The summed E-state index contributed by atoms with van der Waals surface area (Å²) in [5, 5.41) is 7.63. The molecule has 122 valence electrons. The number of amides is 1. The summed E-state index contributed by atoms with van der Waals surface area (Å²) in [6.07, 6.45) is 4.96. The molecule has 0 aromatic heterocycles. The predicted molar refractivity (Wildman–Crippen MR) is 100.0 cm³/mol. The largest absolute Gasteiger partial charge is 0.309 e. The molecule has 1 N–H and O–H groups in total. The summed E-state index contributed by atoms with van der Waals surface area (Å²) in [7, 11) is 0.688. The van der Waals surface area contributed by atoms with Gasteiger partial charge in [-0.15, -0.1) is 8.58 Å². The molecular weight excluding hydrogens is 303 g/mol. The number of hydrogen-bond acceptors (Lipinski definition) is 2. The van der Waals surface area contributed by atoms with Crippen molar-refractivity contribution in [1.82, 2.24) is 0 Å². The molecule has 1 heterocycles. The quantitative estimate of drug-likeness (QED) is 0.649. The number of fused-ring (bicyclic) bond motifs is 1. The minimum atomic E-state index is 0.153. The Morgan fingerprint density at radius 2 is 2.13 bits per heavy atom. The second-order valence-electron chi connectivity index (χ2n) is 6.77. The first-order chi connectivity index (χ1) is 11.1. The number of carbonyl (C=O) groups excluding carboxylic acids is 1.